The van der Waals surface area contributed by atoms with Crippen LogP contribution in [0.15, 0.2) is 18.2 Å². The Kier molecular flexibility index (Phi) is 5.92. The minimum Gasteiger partial charge on any atom is -0.389 e. The van der Waals surface area contributed by atoms with Crippen LogP contribution in [0.1, 0.15) is 10.4 Å². The Morgan fingerprint density at radius 1 is 1.48 bits per heavy atom. The monoisotopic (exact) mass is 344 g/mol. The van der Waals surface area contributed by atoms with E-state index in [0.717, 1.165) is 11.0 Å². The Balaban J connectivity index is 2.17. The second-order valence-electron chi connectivity index (χ2n) is 5.30. The van der Waals surface area contributed by atoms with E-state index in [1.807, 2.05) is 0 Å². The van der Waals surface area contributed by atoms with Crippen molar-refractivity contribution in [3.05, 3.63) is 34.6 Å². The molecule has 2 amide bonds. The van der Waals surface area contributed by atoms with Gasteiger partial charge in [0.1, 0.15) is 12.4 Å². The summed E-state index contributed by atoms with van der Waals surface area (Å²) in [6.07, 6.45) is -0.912. The van der Waals surface area contributed by atoms with E-state index < -0.39 is 17.8 Å². The zero-order chi connectivity index (χ0) is 17.0. The first-order valence-corrected chi connectivity index (χ1v) is 7.49. The number of carbonyl (C=O) groups is 2. The number of β-amino-alcohol motifs (C(OH)–C–C–N with tert-alkyl or cyclic N) is 1. The fourth-order valence-corrected chi connectivity index (χ4v) is 2.57. The van der Waals surface area contributed by atoms with Gasteiger partial charge in [0.25, 0.3) is 5.91 Å². The van der Waals surface area contributed by atoms with Crippen molar-refractivity contribution >= 4 is 23.4 Å². The van der Waals surface area contributed by atoms with Gasteiger partial charge in [-0.05, 0) is 18.2 Å². The summed E-state index contributed by atoms with van der Waals surface area (Å²) in [6.45, 7) is 0.463. The zero-order valence-electron chi connectivity index (χ0n) is 12.7. The molecule has 0 saturated carbocycles. The van der Waals surface area contributed by atoms with E-state index >= 15 is 0 Å². The molecule has 8 heteroatoms. The summed E-state index contributed by atoms with van der Waals surface area (Å²) in [5.74, 6) is -1.72. The highest BCUT2D eigenvalue weighted by Gasteiger charge is 2.30. The highest BCUT2D eigenvalue weighted by Crippen LogP contribution is 2.18. The number of hydrogen-bond acceptors (Lipinski definition) is 4. The predicted molar refractivity (Wildman–Crippen MR) is 81.8 cm³/mol. The van der Waals surface area contributed by atoms with Crippen LogP contribution in [0.5, 0.6) is 0 Å². The van der Waals surface area contributed by atoms with Crippen LogP contribution in [-0.4, -0.2) is 72.7 Å². The Morgan fingerprint density at radius 2 is 2.22 bits per heavy atom. The molecule has 1 saturated heterocycles. The summed E-state index contributed by atoms with van der Waals surface area (Å²) in [6, 6.07) is 3.64. The molecule has 1 atom stereocenters. The number of rotatable bonds is 4. The lowest BCUT2D eigenvalue weighted by Gasteiger charge is -2.21. The molecule has 1 fully saturated rings. The summed E-state index contributed by atoms with van der Waals surface area (Å²) in [7, 11) is 1.51. The topological polar surface area (TPSA) is 70.1 Å². The van der Waals surface area contributed by atoms with Gasteiger partial charge >= 0.3 is 0 Å². The summed E-state index contributed by atoms with van der Waals surface area (Å²) < 4.78 is 18.8. The van der Waals surface area contributed by atoms with Crippen molar-refractivity contribution in [1.29, 1.82) is 0 Å². The number of ether oxygens (including phenoxy) is 1. The first-order chi connectivity index (χ1) is 10.9. The van der Waals surface area contributed by atoms with Crippen LogP contribution in [-0.2, 0) is 9.53 Å². The molecule has 0 bridgehead atoms. The van der Waals surface area contributed by atoms with Crippen molar-refractivity contribution in [1.82, 2.24) is 9.80 Å². The molecule has 1 aliphatic heterocycles. The Bertz CT molecular complexity index is 599. The summed E-state index contributed by atoms with van der Waals surface area (Å²) in [5, 5.41) is 10.2. The van der Waals surface area contributed by atoms with Crippen molar-refractivity contribution in [3.8, 4) is 0 Å². The molecule has 1 N–H and O–H groups in total. The normalized spacial score (nSPS) is 19.0. The van der Waals surface area contributed by atoms with Crippen molar-refractivity contribution < 1.29 is 23.8 Å². The van der Waals surface area contributed by atoms with Gasteiger partial charge < -0.3 is 19.6 Å². The van der Waals surface area contributed by atoms with E-state index in [1.54, 1.807) is 0 Å². The van der Waals surface area contributed by atoms with Crippen LogP contribution in [0.4, 0.5) is 4.39 Å². The van der Waals surface area contributed by atoms with Crippen molar-refractivity contribution in [2.45, 2.75) is 6.10 Å². The average molecular weight is 345 g/mol. The second kappa shape index (κ2) is 7.72. The highest BCUT2D eigenvalue weighted by atomic mass is 35.5. The minimum atomic E-state index is -0.912. The number of amides is 2. The number of aliphatic hydroxyl groups is 1. The molecule has 0 radical (unpaired) electrons. The van der Waals surface area contributed by atoms with Gasteiger partial charge in [0, 0.05) is 31.8 Å². The van der Waals surface area contributed by atoms with Crippen LogP contribution in [0.3, 0.4) is 0 Å². The number of benzene rings is 1. The lowest BCUT2D eigenvalue weighted by atomic mass is 10.1. The van der Waals surface area contributed by atoms with Gasteiger partial charge in [0.05, 0.1) is 18.3 Å². The third kappa shape index (κ3) is 4.40. The van der Waals surface area contributed by atoms with Gasteiger partial charge in [-0.1, -0.05) is 11.6 Å². The van der Waals surface area contributed by atoms with Crippen LogP contribution in [0, 0.1) is 5.82 Å². The molecule has 126 valence electrons. The maximum absolute atomic E-state index is 13.8. The zero-order valence-corrected chi connectivity index (χ0v) is 13.4. The summed E-state index contributed by atoms with van der Waals surface area (Å²) in [5.41, 5.74) is -0.220. The second-order valence-corrected chi connectivity index (χ2v) is 5.73. The standard InChI is InChI=1S/C15H18ClFN2O4/c1-23-5-4-18-7-11(20)8-19(9-14(18)21)15(22)12-6-10(16)2-3-13(12)17/h2-3,6,11,20H,4-5,7-9H2,1H3. The van der Waals surface area contributed by atoms with Gasteiger partial charge in [0.2, 0.25) is 5.91 Å². The minimum absolute atomic E-state index is 0.0555. The molecule has 1 aromatic carbocycles. The van der Waals surface area contributed by atoms with Crippen molar-refractivity contribution in [2.75, 3.05) is 39.9 Å². The summed E-state index contributed by atoms with van der Waals surface area (Å²) >= 11 is 5.79. The molecule has 1 aromatic rings. The Hall–Kier alpha value is -1.70. The molecule has 6 nitrogen and oxygen atoms in total. The van der Waals surface area contributed by atoms with Crippen LogP contribution in [0.2, 0.25) is 5.02 Å². The third-order valence-corrected chi connectivity index (χ3v) is 3.79. The number of halogens is 2. The number of hydrogen-bond donors (Lipinski definition) is 1. The molecular formula is C15H18ClFN2O4. The largest absolute Gasteiger partial charge is 0.389 e. The number of aliphatic hydroxyl groups excluding tert-OH is 1. The lowest BCUT2D eigenvalue weighted by Crippen LogP contribution is -2.40. The number of methoxy groups -OCH3 is 1. The number of nitrogens with zero attached hydrogens (tertiary/aromatic N) is 2. The van der Waals surface area contributed by atoms with Gasteiger partial charge in [0.15, 0.2) is 0 Å². The van der Waals surface area contributed by atoms with E-state index in [-0.39, 0.29) is 36.1 Å². The molecule has 2 rings (SSSR count). The maximum Gasteiger partial charge on any atom is 0.257 e. The van der Waals surface area contributed by atoms with Crippen LogP contribution < -0.4 is 0 Å². The first kappa shape index (κ1) is 17.7. The van der Waals surface area contributed by atoms with Gasteiger partial charge in [-0.25, -0.2) is 4.39 Å². The smallest absolute Gasteiger partial charge is 0.257 e. The van der Waals surface area contributed by atoms with Crippen LogP contribution in [0.25, 0.3) is 0 Å². The third-order valence-electron chi connectivity index (χ3n) is 3.55. The highest BCUT2D eigenvalue weighted by molar-refractivity contribution is 6.31. The Labute approximate surface area is 138 Å². The molecular weight excluding hydrogens is 327 g/mol. The molecule has 1 heterocycles. The van der Waals surface area contributed by atoms with Gasteiger partial charge in [-0.15, -0.1) is 0 Å². The maximum atomic E-state index is 13.8. The molecule has 1 unspecified atom stereocenters. The molecule has 23 heavy (non-hydrogen) atoms. The van der Waals surface area contributed by atoms with E-state index in [2.05, 4.69) is 0 Å². The fourth-order valence-electron chi connectivity index (χ4n) is 2.40. The predicted octanol–water partition coefficient (Wildman–Crippen LogP) is 0.771. The SMILES string of the molecule is COCCN1CC(O)CN(C(=O)c2cc(Cl)ccc2F)CC1=O. The van der Waals surface area contributed by atoms with E-state index in [4.69, 9.17) is 16.3 Å². The van der Waals surface area contributed by atoms with Gasteiger partial charge in [-0.3, -0.25) is 9.59 Å². The summed E-state index contributed by atoms with van der Waals surface area (Å²) in [4.78, 5) is 27.2. The lowest BCUT2D eigenvalue weighted by molar-refractivity contribution is -0.131. The quantitative estimate of drug-likeness (QED) is 0.876. The molecule has 0 aliphatic carbocycles. The van der Waals surface area contributed by atoms with E-state index in [0.29, 0.717) is 13.2 Å². The van der Waals surface area contributed by atoms with Crippen LogP contribution >= 0.6 is 11.6 Å². The van der Waals surface area contributed by atoms with Crippen molar-refractivity contribution in [3.63, 3.8) is 0 Å². The Morgan fingerprint density at radius 3 is 2.91 bits per heavy atom. The average Bonchev–Trinajstić information content (AvgIpc) is 2.65. The first-order valence-electron chi connectivity index (χ1n) is 7.11. The molecule has 0 spiro atoms. The van der Waals surface area contributed by atoms with Gasteiger partial charge in [-0.2, -0.15) is 0 Å². The van der Waals surface area contributed by atoms with E-state index in [9.17, 15) is 19.1 Å². The molecule has 1 aliphatic rings. The van der Waals surface area contributed by atoms with E-state index in [1.165, 1.54) is 24.1 Å². The fraction of sp³-hybridized carbons (Fsp3) is 0.467. The van der Waals surface area contributed by atoms with Crippen molar-refractivity contribution in [2.24, 2.45) is 0 Å². The molecule has 0 aromatic heterocycles. The number of carbonyl (C=O) groups excluding carboxylic acids is 2.